The summed E-state index contributed by atoms with van der Waals surface area (Å²) in [5, 5.41) is 20.6. The molecule has 4 heteroatoms. The highest BCUT2D eigenvalue weighted by molar-refractivity contribution is 5.72. The molecule has 0 bridgehead atoms. The fraction of sp³-hybridized carbons (Fsp3) is 0.957. The first-order valence-corrected chi connectivity index (χ1v) is 11.5. The third-order valence-electron chi connectivity index (χ3n) is 5.49. The standard InChI is InChI=1S/C23H46O4/c1-4-6-8-10-11-12-13-14-15-17-20(24)19-22(25)21(23(26)27-3)18-16-9-7-5-2/h20-22,24-25H,4-19H2,1-3H3/t20-,21+,22-/m1/s1. The predicted octanol–water partition coefficient (Wildman–Crippen LogP) is 5.78. The number of rotatable bonds is 19. The fourth-order valence-corrected chi connectivity index (χ4v) is 3.66. The Bertz CT molecular complexity index is 332. The summed E-state index contributed by atoms with van der Waals surface area (Å²) in [4.78, 5) is 12.0. The SMILES string of the molecule is CCCCCCCCCCC[C@@H](O)C[C@@H](O)[C@H](CCCCCC)C(=O)OC. The molecule has 0 rings (SSSR count). The minimum atomic E-state index is -0.812. The van der Waals surface area contributed by atoms with Crippen molar-refractivity contribution in [2.24, 2.45) is 5.92 Å². The summed E-state index contributed by atoms with van der Waals surface area (Å²) in [6.07, 6.45) is 15.8. The number of aliphatic hydroxyl groups excluding tert-OH is 2. The Morgan fingerprint density at radius 2 is 1.19 bits per heavy atom. The van der Waals surface area contributed by atoms with Gasteiger partial charge in [0.1, 0.15) is 0 Å². The van der Waals surface area contributed by atoms with Crippen molar-refractivity contribution in [1.29, 1.82) is 0 Å². The molecule has 0 aromatic rings. The first-order chi connectivity index (χ1) is 13.1. The van der Waals surface area contributed by atoms with E-state index in [9.17, 15) is 15.0 Å². The van der Waals surface area contributed by atoms with Gasteiger partial charge in [0, 0.05) is 6.42 Å². The van der Waals surface area contributed by atoms with Gasteiger partial charge in [-0.2, -0.15) is 0 Å². The molecule has 0 radical (unpaired) electrons. The summed E-state index contributed by atoms with van der Waals surface area (Å²) in [5.41, 5.74) is 0. The minimum absolute atomic E-state index is 0.268. The number of carbonyl (C=O) groups is 1. The van der Waals surface area contributed by atoms with E-state index in [1.807, 2.05) is 0 Å². The van der Waals surface area contributed by atoms with E-state index in [0.29, 0.717) is 12.8 Å². The van der Waals surface area contributed by atoms with Crippen molar-refractivity contribution in [3.8, 4) is 0 Å². The van der Waals surface area contributed by atoms with E-state index in [0.717, 1.165) is 38.5 Å². The third kappa shape index (κ3) is 15.0. The van der Waals surface area contributed by atoms with Crippen LogP contribution in [0.25, 0.3) is 0 Å². The normalized spacial score (nSPS) is 14.7. The second kappa shape index (κ2) is 18.7. The Morgan fingerprint density at radius 1 is 0.741 bits per heavy atom. The molecule has 162 valence electrons. The van der Waals surface area contributed by atoms with E-state index in [1.54, 1.807) is 0 Å². The molecule has 0 spiro atoms. The molecule has 0 amide bonds. The molecule has 0 fully saturated rings. The predicted molar refractivity (Wildman–Crippen MR) is 113 cm³/mol. The molecule has 0 aromatic heterocycles. The molecule has 0 saturated carbocycles. The lowest BCUT2D eigenvalue weighted by atomic mass is 9.90. The van der Waals surface area contributed by atoms with Crippen LogP contribution in [0.4, 0.5) is 0 Å². The van der Waals surface area contributed by atoms with E-state index in [2.05, 4.69) is 13.8 Å². The number of aliphatic hydroxyl groups is 2. The van der Waals surface area contributed by atoms with Crippen molar-refractivity contribution >= 4 is 5.97 Å². The zero-order valence-electron chi connectivity index (χ0n) is 18.3. The van der Waals surface area contributed by atoms with Crippen LogP contribution in [0.1, 0.15) is 117 Å². The van der Waals surface area contributed by atoms with Crippen molar-refractivity contribution in [2.45, 2.75) is 129 Å². The molecule has 0 unspecified atom stereocenters. The zero-order valence-corrected chi connectivity index (χ0v) is 18.3. The van der Waals surface area contributed by atoms with E-state index < -0.39 is 18.1 Å². The van der Waals surface area contributed by atoms with Crippen molar-refractivity contribution in [1.82, 2.24) is 0 Å². The maximum absolute atomic E-state index is 12.0. The van der Waals surface area contributed by atoms with Crippen molar-refractivity contribution < 1.29 is 19.7 Å². The van der Waals surface area contributed by atoms with Gasteiger partial charge in [-0.15, -0.1) is 0 Å². The number of hydrogen-bond donors (Lipinski definition) is 2. The molecule has 0 saturated heterocycles. The monoisotopic (exact) mass is 386 g/mol. The third-order valence-corrected chi connectivity index (χ3v) is 5.49. The van der Waals surface area contributed by atoms with Crippen LogP contribution in [0.5, 0.6) is 0 Å². The first-order valence-electron chi connectivity index (χ1n) is 11.5. The molecule has 0 aliphatic carbocycles. The molecule has 27 heavy (non-hydrogen) atoms. The molecule has 4 nitrogen and oxygen atoms in total. The Kier molecular flexibility index (Phi) is 18.3. The lowest BCUT2D eigenvalue weighted by molar-refractivity contribution is -0.150. The Morgan fingerprint density at radius 3 is 1.70 bits per heavy atom. The zero-order chi connectivity index (χ0) is 20.3. The van der Waals surface area contributed by atoms with Gasteiger partial charge in [0.15, 0.2) is 0 Å². The maximum atomic E-state index is 12.0. The lowest BCUT2D eigenvalue weighted by Crippen LogP contribution is -2.32. The van der Waals surface area contributed by atoms with Gasteiger partial charge < -0.3 is 14.9 Å². The summed E-state index contributed by atoms with van der Waals surface area (Å²) < 4.78 is 4.85. The van der Waals surface area contributed by atoms with Crippen LogP contribution in [0.15, 0.2) is 0 Å². The van der Waals surface area contributed by atoms with Crippen LogP contribution < -0.4 is 0 Å². The number of unbranched alkanes of at least 4 members (excludes halogenated alkanes) is 11. The smallest absolute Gasteiger partial charge is 0.311 e. The summed E-state index contributed by atoms with van der Waals surface area (Å²) >= 11 is 0. The highest BCUT2D eigenvalue weighted by Crippen LogP contribution is 2.21. The van der Waals surface area contributed by atoms with Gasteiger partial charge in [0.05, 0.1) is 25.2 Å². The minimum Gasteiger partial charge on any atom is -0.469 e. The van der Waals surface area contributed by atoms with Crippen LogP contribution in [-0.2, 0) is 9.53 Å². The number of hydrogen-bond acceptors (Lipinski definition) is 4. The van der Waals surface area contributed by atoms with Gasteiger partial charge in [0.25, 0.3) is 0 Å². The van der Waals surface area contributed by atoms with E-state index in [1.165, 1.54) is 52.1 Å². The molecular weight excluding hydrogens is 340 g/mol. The molecule has 0 aliphatic rings. The first kappa shape index (κ1) is 26.4. The summed E-state index contributed by atoms with van der Waals surface area (Å²) in [6.45, 7) is 4.39. The Hall–Kier alpha value is -0.610. The Labute approximate surface area is 168 Å². The van der Waals surface area contributed by atoms with Crippen LogP contribution in [0, 0.1) is 5.92 Å². The molecular formula is C23H46O4. The Balaban J connectivity index is 3.92. The second-order valence-electron chi connectivity index (χ2n) is 8.05. The molecule has 0 aromatic carbocycles. The molecule has 3 atom stereocenters. The number of carbonyl (C=O) groups excluding carboxylic acids is 1. The summed E-state index contributed by atoms with van der Waals surface area (Å²) in [6, 6.07) is 0. The van der Waals surface area contributed by atoms with Crippen LogP contribution >= 0.6 is 0 Å². The van der Waals surface area contributed by atoms with Gasteiger partial charge in [-0.25, -0.2) is 0 Å². The molecule has 0 aliphatic heterocycles. The molecule has 0 heterocycles. The van der Waals surface area contributed by atoms with Gasteiger partial charge in [0.2, 0.25) is 0 Å². The number of esters is 1. The largest absolute Gasteiger partial charge is 0.469 e. The van der Waals surface area contributed by atoms with Gasteiger partial charge in [-0.05, 0) is 12.8 Å². The van der Waals surface area contributed by atoms with E-state index >= 15 is 0 Å². The van der Waals surface area contributed by atoms with E-state index in [4.69, 9.17) is 4.74 Å². The lowest BCUT2D eigenvalue weighted by Gasteiger charge is -2.23. The quantitative estimate of drug-likeness (QED) is 0.218. The second-order valence-corrected chi connectivity index (χ2v) is 8.05. The van der Waals surface area contributed by atoms with Crippen LogP contribution in [-0.4, -0.2) is 35.5 Å². The van der Waals surface area contributed by atoms with E-state index in [-0.39, 0.29) is 12.4 Å². The van der Waals surface area contributed by atoms with Gasteiger partial charge in [-0.1, -0.05) is 97.3 Å². The highest BCUT2D eigenvalue weighted by atomic mass is 16.5. The summed E-state index contributed by atoms with van der Waals surface area (Å²) in [7, 11) is 1.37. The average molecular weight is 387 g/mol. The van der Waals surface area contributed by atoms with Crippen LogP contribution in [0.3, 0.4) is 0 Å². The molecule has 2 N–H and O–H groups in total. The topological polar surface area (TPSA) is 66.8 Å². The van der Waals surface area contributed by atoms with Crippen molar-refractivity contribution in [2.75, 3.05) is 7.11 Å². The van der Waals surface area contributed by atoms with Gasteiger partial charge >= 0.3 is 5.97 Å². The number of methoxy groups -OCH3 is 1. The highest BCUT2D eigenvalue weighted by Gasteiger charge is 2.28. The van der Waals surface area contributed by atoms with Gasteiger partial charge in [-0.3, -0.25) is 4.79 Å². The average Bonchev–Trinajstić information content (AvgIpc) is 2.66. The number of ether oxygens (including phenoxy) is 1. The van der Waals surface area contributed by atoms with Crippen molar-refractivity contribution in [3.05, 3.63) is 0 Å². The fourth-order valence-electron chi connectivity index (χ4n) is 3.66. The van der Waals surface area contributed by atoms with Crippen molar-refractivity contribution in [3.63, 3.8) is 0 Å². The van der Waals surface area contributed by atoms with Crippen LogP contribution in [0.2, 0.25) is 0 Å². The maximum Gasteiger partial charge on any atom is 0.311 e. The summed E-state index contributed by atoms with van der Waals surface area (Å²) in [5.74, 6) is -0.862.